The van der Waals surface area contributed by atoms with Crippen LogP contribution in [0.1, 0.15) is 32.2 Å². The van der Waals surface area contributed by atoms with Gasteiger partial charge < -0.3 is 19.5 Å². The summed E-state index contributed by atoms with van der Waals surface area (Å²) in [5, 5.41) is 6.89. The number of aromatic nitrogens is 1. The van der Waals surface area contributed by atoms with Crippen LogP contribution in [-0.2, 0) is 11.3 Å². The molecule has 3 unspecified atom stereocenters. The summed E-state index contributed by atoms with van der Waals surface area (Å²) in [5.74, 6) is 0.748. The number of hydrogen-bond donors (Lipinski definition) is 1. The fraction of sp³-hybridized carbons (Fsp3) is 0.750. The number of rotatable bonds is 5. The van der Waals surface area contributed by atoms with Gasteiger partial charge in [0.1, 0.15) is 11.5 Å². The van der Waals surface area contributed by atoms with Crippen molar-refractivity contribution in [3.63, 3.8) is 0 Å². The molecule has 1 saturated heterocycles. The summed E-state index contributed by atoms with van der Waals surface area (Å²) in [6, 6.07) is 2.01. The van der Waals surface area contributed by atoms with E-state index in [1.54, 1.807) is 11.9 Å². The Kier molecular flexibility index (Phi) is 6.01. The van der Waals surface area contributed by atoms with Gasteiger partial charge in [-0.05, 0) is 27.7 Å². The fourth-order valence-corrected chi connectivity index (χ4v) is 2.88. The number of hydrogen-bond acceptors (Lipinski definition) is 5. The van der Waals surface area contributed by atoms with E-state index in [1.165, 1.54) is 0 Å². The lowest BCUT2D eigenvalue weighted by molar-refractivity contribution is -0.0778. The Morgan fingerprint density at radius 1 is 1.48 bits per heavy atom. The minimum atomic E-state index is -0.105. The van der Waals surface area contributed by atoms with E-state index in [-0.39, 0.29) is 24.3 Å². The number of morpholine rings is 1. The number of carbonyl (C=O) groups excluding carboxylic acids is 1. The molecule has 1 aromatic rings. The quantitative estimate of drug-likeness (QED) is 0.891. The molecule has 1 fully saturated rings. The Bertz CT molecular complexity index is 509. The van der Waals surface area contributed by atoms with Crippen LogP contribution in [0, 0.1) is 6.92 Å². The average Bonchev–Trinajstić information content (AvgIpc) is 2.88. The standard InChI is InChI=1S/C16H28N4O3/c1-11(20-8-13(3)22-14(4)9-20)7-17-16(21)19(5)10-15-6-12(2)23-18-15/h6,11,13-14H,7-10H2,1-5H3,(H,17,21). The molecule has 1 aromatic heterocycles. The zero-order valence-corrected chi connectivity index (χ0v) is 14.7. The van der Waals surface area contributed by atoms with E-state index in [0.29, 0.717) is 13.1 Å². The highest BCUT2D eigenvalue weighted by Gasteiger charge is 2.26. The molecule has 0 aliphatic carbocycles. The molecule has 0 bridgehead atoms. The molecule has 2 heterocycles. The normalized spacial score (nSPS) is 23.5. The highest BCUT2D eigenvalue weighted by Crippen LogP contribution is 2.13. The van der Waals surface area contributed by atoms with E-state index in [1.807, 2.05) is 13.0 Å². The van der Waals surface area contributed by atoms with Crippen LogP contribution in [0.3, 0.4) is 0 Å². The van der Waals surface area contributed by atoms with Gasteiger partial charge in [-0.3, -0.25) is 4.90 Å². The van der Waals surface area contributed by atoms with Crippen LogP contribution in [0.25, 0.3) is 0 Å². The van der Waals surface area contributed by atoms with E-state index >= 15 is 0 Å². The predicted octanol–water partition coefficient (Wildman–Crippen LogP) is 1.62. The highest BCUT2D eigenvalue weighted by molar-refractivity contribution is 5.73. The highest BCUT2D eigenvalue weighted by atomic mass is 16.5. The van der Waals surface area contributed by atoms with Crippen LogP contribution < -0.4 is 5.32 Å². The van der Waals surface area contributed by atoms with Crippen molar-refractivity contribution < 1.29 is 14.1 Å². The van der Waals surface area contributed by atoms with Crippen LogP contribution in [0.15, 0.2) is 10.6 Å². The molecule has 0 saturated carbocycles. The van der Waals surface area contributed by atoms with Gasteiger partial charge in [0, 0.05) is 38.8 Å². The molecule has 7 heteroatoms. The number of ether oxygens (including phenoxy) is 1. The Hall–Kier alpha value is -1.60. The van der Waals surface area contributed by atoms with Crippen molar-refractivity contribution in [2.75, 3.05) is 26.7 Å². The lowest BCUT2D eigenvalue weighted by Gasteiger charge is -2.39. The third-order valence-electron chi connectivity index (χ3n) is 4.04. The second kappa shape index (κ2) is 7.79. The number of nitrogens with zero attached hydrogens (tertiary/aromatic N) is 3. The van der Waals surface area contributed by atoms with E-state index in [2.05, 4.69) is 36.1 Å². The zero-order valence-electron chi connectivity index (χ0n) is 14.7. The van der Waals surface area contributed by atoms with Gasteiger partial charge in [0.25, 0.3) is 0 Å². The van der Waals surface area contributed by atoms with Crippen molar-refractivity contribution in [3.8, 4) is 0 Å². The lowest BCUT2D eigenvalue weighted by atomic mass is 10.2. The Labute approximate surface area is 137 Å². The van der Waals surface area contributed by atoms with Gasteiger partial charge in [0.15, 0.2) is 0 Å². The second-order valence-corrected chi connectivity index (χ2v) is 6.53. The Morgan fingerprint density at radius 3 is 2.70 bits per heavy atom. The van der Waals surface area contributed by atoms with Gasteiger partial charge in [0.05, 0.1) is 18.8 Å². The topological polar surface area (TPSA) is 70.8 Å². The number of nitrogens with one attached hydrogen (secondary N) is 1. The van der Waals surface area contributed by atoms with E-state index < -0.39 is 0 Å². The summed E-state index contributed by atoms with van der Waals surface area (Å²) in [6.45, 7) is 11.0. The smallest absolute Gasteiger partial charge is 0.317 e. The van der Waals surface area contributed by atoms with E-state index in [0.717, 1.165) is 24.5 Å². The number of aryl methyl sites for hydroxylation is 1. The van der Waals surface area contributed by atoms with Crippen molar-refractivity contribution in [2.45, 2.75) is 52.5 Å². The first kappa shape index (κ1) is 17.7. The zero-order chi connectivity index (χ0) is 17.0. The maximum absolute atomic E-state index is 12.2. The van der Waals surface area contributed by atoms with Crippen LogP contribution in [0.2, 0.25) is 0 Å². The fourth-order valence-electron chi connectivity index (χ4n) is 2.88. The number of urea groups is 1. The number of carbonyl (C=O) groups is 1. The van der Waals surface area contributed by atoms with Crippen LogP contribution in [0.5, 0.6) is 0 Å². The molecular weight excluding hydrogens is 296 g/mol. The van der Waals surface area contributed by atoms with E-state index in [4.69, 9.17) is 9.26 Å². The molecule has 130 valence electrons. The average molecular weight is 324 g/mol. The van der Waals surface area contributed by atoms with Crippen LogP contribution >= 0.6 is 0 Å². The van der Waals surface area contributed by atoms with Crippen molar-refractivity contribution in [1.82, 2.24) is 20.3 Å². The summed E-state index contributed by atoms with van der Waals surface area (Å²) in [7, 11) is 1.75. The van der Waals surface area contributed by atoms with E-state index in [9.17, 15) is 4.79 Å². The monoisotopic (exact) mass is 324 g/mol. The van der Waals surface area contributed by atoms with Crippen LogP contribution in [0.4, 0.5) is 4.79 Å². The van der Waals surface area contributed by atoms with Gasteiger partial charge in [-0.2, -0.15) is 0 Å². The largest absolute Gasteiger partial charge is 0.373 e. The summed E-state index contributed by atoms with van der Waals surface area (Å²) in [5.41, 5.74) is 0.754. The first-order valence-corrected chi connectivity index (χ1v) is 8.15. The van der Waals surface area contributed by atoms with Gasteiger partial charge in [-0.1, -0.05) is 5.16 Å². The first-order valence-electron chi connectivity index (χ1n) is 8.15. The van der Waals surface area contributed by atoms with Gasteiger partial charge in [-0.15, -0.1) is 0 Å². The van der Waals surface area contributed by atoms with Crippen molar-refractivity contribution in [1.29, 1.82) is 0 Å². The van der Waals surface area contributed by atoms with Crippen LogP contribution in [-0.4, -0.2) is 65.9 Å². The SMILES string of the molecule is Cc1cc(CN(C)C(=O)NCC(C)N2CC(C)OC(C)C2)no1. The first-order chi connectivity index (χ1) is 10.8. The molecular formula is C16H28N4O3. The predicted molar refractivity (Wildman–Crippen MR) is 87.1 cm³/mol. The lowest BCUT2D eigenvalue weighted by Crippen LogP contribution is -2.53. The second-order valence-electron chi connectivity index (χ2n) is 6.53. The third-order valence-corrected chi connectivity index (χ3v) is 4.04. The molecule has 7 nitrogen and oxygen atoms in total. The molecule has 23 heavy (non-hydrogen) atoms. The van der Waals surface area contributed by atoms with Gasteiger partial charge >= 0.3 is 6.03 Å². The molecule has 0 spiro atoms. The minimum absolute atomic E-state index is 0.105. The molecule has 0 radical (unpaired) electrons. The molecule has 1 aliphatic heterocycles. The molecule has 2 amide bonds. The maximum Gasteiger partial charge on any atom is 0.317 e. The summed E-state index contributed by atoms with van der Waals surface area (Å²) >= 11 is 0. The summed E-state index contributed by atoms with van der Waals surface area (Å²) < 4.78 is 10.8. The molecule has 0 aromatic carbocycles. The Morgan fingerprint density at radius 2 is 2.13 bits per heavy atom. The Balaban J connectivity index is 1.76. The van der Waals surface area contributed by atoms with Crippen molar-refractivity contribution in [2.24, 2.45) is 0 Å². The maximum atomic E-state index is 12.2. The molecule has 1 aliphatic rings. The van der Waals surface area contributed by atoms with Gasteiger partial charge in [-0.25, -0.2) is 4.79 Å². The molecule has 2 rings (SSSR count). The molecule has 3 atom stereocenters. The minimum Gasteiger partial charge on any atom is -0.373 e. The third kappa shape index (κ3) is 5.21. The van der Waals surface area contributed by atoms with Crippen molar-refractivity contribution >= 4 is 6.03 Å². The summed E-state index contributed by atoms with van der Waals surface area (Å²) in [4.78, 5) is 16.2. The van der Waals surface area contributed by atoms with Crippen molar-refractivity contribution in [3.05, 3.63) is 17.5 Å². The molecule has 1 N–H and O–H groups in total. The number of amides is 2. The summed E-state index contributed by atoms with van der Waals surface area (Å²) in [6.07, 6.45) is 0.463. The van der Waals surface area contributed by atoms with Gasteiger partial charge in [0.2, 0.25) is 0 Å².